The Labute approximate surface area is 161 Å². The Balaban J connectivity index is 1.51. The number of benzene rings is 2. The maximum absolute atomic E-state index is 13.7. The number of fused-ring (bicyclic) bond motifs is 1. The normalized spacial score (nSPS) is 13.0. The van der Waals surface area contributed by atoms with Crippen LogP contribution in [0.15, 0.2) is 66.9 Å². The van der Waals surface area contributed by atoms with E-state index in [1.807, 2.05) is 18.2 Å². The lowest BCUT2D eigenvalue weighted by atomic mass is 9.99. The Morgan fingerprint density at radius 3 is 2.57 bits per heavy atom. The van der Waals surface area contributed by atoms with Crippen LogP contribution in [-0.4, -0.2) is 28.2 Å². The van der Waals surface area contributed by atoms with Crippen LogP contribution >= 0.6 is 0 Å². The van der Waals surface area contributed by atoms with E-state index in [-0.39, 0.29) is 22.9 Å². The fraction of sp³-hybridized carbons (Fsp3) is 0.136. The van der Waals surface area contributed by atoms with Crippen molar-refractivity contribution in [2.75, 3.05) is 11.9 Å². The Hall–Kier alpha value is -3.54. The summed E-state index contributed by atoms with van der Waals surface area (Å²) in [4.78, 5) is 31.2. The molecule has 1 aliphatic rings. The van der Waals surface area contributed by atoms with Gasteiger partial charge in [0.05, 0.1) is 5.69 Å². The van der Waals surface area contributed by atoms with Crippen molar-refractivity contribution >= 4 is 17.5 Å². The number of carbonyl (C=O) groups excluding carboxylic acids is 2. The third kappa shape index (κ3) is 3.62. The molecule has 2 amide bonds. The van der Waals surface area contributed by atoms with E-state index in [1.165, 1.54) is 36.0 Å². The zero-order valence-corrected chi connectivity index (χ0v) is 15.1. The van der Waals surface area contributed by atoms with E-state index in [1.54, 1.807) is 17.0 Å². The number of amides is 2. The molecule has 0 aliphatic carbocycles. The maximum Gasteiger partial charge on any atom is 0.272 e. The minimum atomic E-state index is -0.520. The number of anilines is 1. The Morgan fingerprint density at radius 2 is 1.75 bits per heavy atom. The van der Waals surface area contributed by atoms with Crippen LogP contribution in [0.25, 0.3) is 0 Å². The third-order valence-electron chi connectivity index (χ3n) is 4.78. The van der Waals surface area contributed by atoms with Gasteiger partial charge in [0.25, 0.3) is 11.8 Å². The van der Waals surface area contributed by atoms with Gasteiger partial charge in [0.15, 0.2) is 0 Å². The molecule has 28 heavy (non-hydrogen) atoms. The highest BCUT2D eigenvalue weighted by molar-refractivity contribution is 6.05. The summed E-state index contributed by atoms with van der Waals surface area (Å²) < 4.78 is 13.7. The SMILES string of the molecule is O=C(Nc1ccccc1F)c1ccnc(C(=O)N2CCc3ccccc3C2)c1. The van der Waals surface area contributed by atoms with Crippen LogP contribution < -0.4 is 5.32 Å². The minimum Gasteiger partial charge on any atom is -0.333 e. The molecule has 3 aromatic rings. The number of halogens is 1. The molecule has 5 nitrogen and oxygen atoms in total. The Bertz CT molecular complexity index is 1050. The van der Waals surface area contributed by atoms with Gasteiger partial charge in [-0.25, -0.2) is 4.39 Å². The van der Waals surface area contributed by atoms with E-state index in [2.05, 4.69) is 16.4 Å². The molecule has 4 rings (SSSR count). The van der Waals surface area contributed by atoms with Crippen LogP contribution in [0.1, 0.15) is 32.0 Å². The monoisotopic (exact) mass is 375 g/mol. The van der Waals surface area contributed by atoms with Gasteiger partial charge < -0.3 is 10.2 Å². The predicted octanol–water partition coefficient (Wildman–Crippen LogP) is 3.67. The zero-order chi connectivity index (χ0) is 19.5. The Morgan fingerprint density at radius 1 is 1.00 bits per heavy atom. The van der Waals surface area contributed by atoms with Gasteiger partial charge in [0.1, 0.15) is 11.5 Å². The molecule has 0 atom stereocenters. The second-order valence-corrected chi connectivity index (χ2v) is 6.61. The first-order valence-electron chi connectivity index (χ1n) is 9.00. The van der Waals surface area contributed by atoms with E-state index in [0.717, 1.165) is 12.0 Å². The number of rotatable bonds is 3. The van der Waals surface area contributed by atoms with Gasteiger partial charge in [-0.15, -0.1) is 0 Å². The number of nitrogens with one attached hydrogen (secondary N) is 1. The highest BCUT2D eigenvalue weighted by atomic mass is 19.1. The molecule has 1 aromatic heterocycles. The van der Waals surface area contributed by atoms with Crippen molar-refractivity contribution in [3.63, 3.8) is 0 Å². The molecule has 0 radical (unpaired) electrons. The summed E-state index contributed by atoms with van der Waals surface area (Å²) in [7, 11) is 0. The third-order valence-corrected chi connectivity index (χ3v) is 4.78. The minimum absolute atomic E-state index is 0.0878. The number of hydrogen-bond acceptors (Lipinski definition) is 3. The maximum atomic E-state index is 13.7. The lowest BCUT2D eigenvalue weighted by molar-refractivity contribution is 0.0728. The first-order chi connectivity index (χ1) is 13.6. The van der Waals surface area contributed by atoms with Crippen LogP contribution in [0.5, 0.6) is 0 Å². The predicted molar refractivity (Wildman–Crippen MR) is 103 cm³/mol. The highest BCUT2D eigenvalue weighted by Gasteiger charge is 2.23. The molecule has 0 saturated heterocycles. The van der Waals surface area contributed by atoms with E-state index < -0.39 is 11.7 Å². The average molecular weight is 375 g/mol. The van der Waals surface area contributed by atoms with Crippen molar-refractivity contribution in [2.45, 2.75) is 13.0 Å². The van der Waals surface area contributed by atoms with E-state index in [4.69, 9.17) is 0 Å². The second-order valence-electron chi connectivity index (χ2n) is 6.61. The van der Waals surface area contributed by atoms with Crippen molar-refractivity contribution in [3.05, 3.63) is 95.1 Å². The van der Waals surface area contributed by atoms with Crippen molar-refractivity contribution in [1.82, 2.24) is 9.88 Å². The molecule has 1 N–H and O–H groups in total. The molecule has 0 bridgehead atoms. The fourth-order valence-corrected chi connectivity index (χ4v) is 3.28. The smallest absolute Gasteiger partial charge is 0.272 e. The summed E-state index contributed by atoms with van der Waals surface area (Å²) in [5.74, 6) is -1.24. The number of nitrogens with zero attached hydrogens (tertiary/aromatic N) is 2. The van der Waals surface area contributed by atoms with Crippen molar-refractivity contribution in [2.24, 2.45) is 0 Å². The summed E-state index contributed by atoms with van der Waals surface area (Å²) >= 11 is 0. The molecule has 0 spiro atoms. The molecule has 0 unspecified atom stereocenters. The van der Waals surface area contributed by atoms with Gasteiger partial charge >= 0.3 is 0 Å². The second kappa shape index (κ2) is 7.60. The van der Waals surface area contributed by atoms with Crippen LogP contribution in [0.3, 0.4) is 0 Å². The summed E-state index contributed by atoms with van der Waals surface area (Å²) in [6.07, 6.45) is 2.21. The van der Waals surface area contributed by atoms with Crippen LogP contribution in [0, 0.1) is 5.82 Å². The summed E-state index contributed by atoms with van der Waals surface area (Å²) in [5.41, 5.74) is 2.90. The molecule has 1 aliphatic heterocycles. The summed E-state index contributed by atoms with van der Waals surface area (Å²) in [5, 5.41) is 2.52. The average Bonchev–Trinajstić information content (AvgIpc) is 2.74. The molecular formula is C22H18FN3O2. The lowest BCUT2D eigenvalue weighted by Crippen LogP contribution is -2.36. The molecular weight excluding hydrogens is 357 g/mol. The van der Waals surface area contributed by atoms with Crippen molar-refractivity contribution < 1.29 is 14.0 Å². The number of carbonyl (C=O) groups is 2. The summed E-state index contributed by atoms with van der Waals surface area (Å²) in [6, 6.07) is 16.9. The standard InChI is InChI=1S/C22H18FN3O2/c23-18-7-3-4-8-19(18)25-21(27)16-9-11-24-20(13-16)22(28)26-12-10-15-5-1-2-6-17(15)14-26/h1-9,11,13H,10,12,14H2,(H,25,27). The van der Waals surface area contributed by atoms with Crippen molar-refractivity contribution in [3.8, 4) is 0 Å². The molecule has 2 aromatic carbocycles. The van der Waals surface area contributed by atoms with Gasteiger partial charge in [-0.1, -0.05) is 36.4 Å². The lowest BCUT2D eigenvalue weighted by Gasteiger charge is -2.28. The van der Waals surface area contributed by atoms with Gasteiger partial charge in [-0.2, -0.15) is 0 Å². The highest BCUT2D eigenvalue weighted by Crippen LogP contribution is 2.20. The van der Waals surface area contributed by atoms with Crippen LogP contribution in [0.2, 0.25) is 0 Å². The summed E-state index contributed by atoms with van der Waals surface area (Å²) in [6.45, 7) is 1.12. The molecule has 6 heteroatoms. The van der Waals surface area contributed by atoms with Crippen LogP contribution in [-0.2, 0) is 13.0 Å². The molecule has 2 heterocycles. The van der Waals surface area contributed by atoms with Gasteiger partial charge in [-0.05, 0) is 41.8 Å². The van der Waals surface area contributed by atoms with E-state index in [0.29, 0.717) is 13.1 Å². The molecule has 0 fully saturated rings. The van der Waals surface area contributed by atoms with E-state index >= 15 is 0 Å². The fourth-order valence-electron chi connectivity index (χ4n) is 3.28. The first kappa shape index (κ1) is 17.9. The zero-order valence-electron chi connectivity index (χ0n) is 15.1. The van der Waals surface area contributed by atoms with Gasteiger partial charge in [0, 0.05) is 24.8 Å². The number of aromatic nitrogens is 1. The molecule has 140 valence electrons. The number of para-hydroxylation sites is 1. The topological polar surface area (TPSA) is 62.3 Å². The quantitative estimate of drug-likeness (QED) is 0.760. The largest absolute Gasteiger partial charge is 0.333 e. The van der Waals surface area contributed by atoms with Gasteiger partial charge in [-0.3, -0.25) is 14.6 Å². The molecule has 0 saturated carbocycles. The Kier molecular flexibility index (Phi) is 4.85. The number of hydrogen-bond donors (Lipinski definition) is 1. The number of pyridine rings is 1. The van der Waals surface area contributed by atoms with E-state index in [9.17, 15) is 14.0 Å². The van der Waals surface area contributed by atoms with Crippen LogP contribution in [0.4, 0.5) is 10.1 Å². The first-order valence-corrected chi connectivity index (χ1v) is 9.00. The van der Waals surface area contributed by atoms with Gasteiger partial charge in [0.2, 0.25) is 0 Å². The van der Waals surface area contributed by atoms with Crippen molar-refractivity contribution in [1.29, 1.82) is 0 Å².